The molecule has 3 rings (SSSR count). The van der Waals surface area contributed by atoms with Crippen molar-refractivity contribution >= 4 is 17.5 Å². The maximum atomic E-state index is 13.2. The lowest BCUT2D eigenvalue weighted by atomic mass is 9.96. The van der Waals surface area contributed by atoms with Crippen molar-refractivity contribution in [2.75, 3.05) is 18.0 Å². The Morgan fingerprint density at radius 1 is 0.812 bits per heavy atom. The minimum Gasteiger partial charge on any atom is -0.457 e. The number of amides is 2. The maximum absolute atomic E-state index is 13.2. The summed E-state index contributed by atoms with van der Waals surface area (Å²) >= 11 is 0. The van der Waals surface area contributed by atoms with Crippen molar-refractivity contribution in [3.63, 3.8) is 0 Å². The van der Waals surface area contributed by atoms with Crippen LogP contribution in [0.25, 0.3) is 0 Å². The van der Waals surface area contributed by atoms with E-state index in [4.69, 9.17) is 4.74 Å². The van der Waals surface area contributed by atoms with E-state index < -0.39 is 5.41 Å². The first-order chi connectivity index (χ1) is 15.3. The molecule has 32 heavy (non-hydrogen) atoms. The molecule has 0 spiro atoms. The molecule has 0 aliphatic heterocycles. The fraction of sp³-hybridized carbons (Fsp3) is 0.259. The predicted octanol–water partition coefficient (Wildman–Crippen LogP) is 5.68. The van der Waals surface area contributed by atoms with Gasteiger partial charge in [-0.15, -0.1) is 0 Å². The average Bonchev–Trinajstić information content (AvgIpc) is 2.80. The zero-order valence-corrected chi connectivity index (χ0v) is 18.9. The Morgan fingerprint density at radius 3 is 1.97 bits per heavy atom. The third-order valence-corrected chi connectivity index (χ3v) is 4.92. The van der Waals surface area contributed by atoms with E-state index >= 15 is 0 Å². The van der Waals surface area contributed by atoms with E-state index in [1.807, 2.05) is 106 Å². The van der Waals surface area contributed by atoms with Crippen molar-refractivity contribution in [3.8, 4) is 11.5 Å². The zero-order valence-electron chi connectivity index (χ0n) is 18.9. The Morgan fingerprint density at radius 2 is 1.38 bits per heavy atom. The monoisotopic (exact) mass is 430 g/mol. The van der Waals surface area contributed by atoms with Crippen LogP contribution < -0.4 is 15.0 Å². The van der Waals surface area contributed by atoms with Gasteiger partial charge in [0.25, 0.3) is 5.91 Å². The van der Waals surface area contributed by atoms with Crippen molar-refractivity contribution in [1.29, 1.82) is 0 Å². The van der Waals surface area contributed by atoms with Crippen LogP contribution in [0.5, 0.6) is 11.5 Å². The first-order valence-corrected chi connectivity index (χ1v) is 10.8. The summed E-state index contributed by atoms with van der Waals surface area (Å²) in [5.74, 6) is 1.38. The molecule has 0 radical (unpaired) electrons. The Balaban J connectivity index is 1.71. The minimum atomic E-state index is -0.436. The number of para-hydroxylation sites is 1. The third kappa shape index (κ3) is 6.45. The van der Waals surface area contributed by atoms with E-state index in [0.717, 1.165) is 11.4 Å². The van der Waals surface area contributed by atoms with Gasteiger partial charge in [0.1, 0.15) is 11.5 Å². The number of hydrogen-bond acceptors (Lipinski definition) is 3. The van der Waals surface area contributed by atoms with Gasteiger partial charge in [0.05, 0.1) is 0 Å². The number of benzene rings is 3. The fourth-order valence-corrected chi connectivity index (χ4v) is 3.11. The number of carbonyl (C=O) groups excluding carboxylic acids is 2. The number of nitrogens with zero attached hydrogens (tertiary/aromatic N) is 1. The highest BCUT2D eigenvalue weighted by molar-refractivity contribution is 6.06. The standard InChI is InChI=1S/C27H30N2O3/c1-27(2,3)26(31)28-19-10-20-29(25(30)21-11-6-4-7-12-21)22-15-17-24(18-16-22)32-23-13-8-5-9-14-23/h4-9,11-18H,10,19-20H2,1-3H3,(H,28,31). The molecule has 2 amide bonds. The highest BCUT2D eigenvalue weighted by Crippen LogP contribution is 2.25. The van der Waals surface area contributed by atoms with Gasteiger partial charge < -0.3 is 15.0 Å². The molecule has 0 fully saturated rings. The summed E-state index contributed by atoms with van der Waals surface area (Å²) < 4.78 is 5.86. The summed E-state index contributed by atoms with van der Waals surface area (Å²) in [6.07, 6.45) is 0.642. The molecule has 0 aromatic heterocycles. The van der Waals surface area contributed by atoms with Crippen LogP contribution >= 0.6 is 0 Å². The summed E-state index contributed by atoms with van der Waals surface area (Å²) in [5, 5.41) is 2.95. The molecule has 0 heterocycles. The van der Waals surface area contributed by atoms with Gasteiger partial charge in [0, 0.05) is 29.8 Å². The van der Waals surface area contributed by atoms with E-state index in [9.17, 15) is 9.59 Å². The van der Waals surface area contributed by atoms with Crippen molar-refractivity contribution in [2.24, 2.45) is 5.41 Å². The summed E-state index contributed by atoms with van der Waals surface area (Å²) in [7, 11) is 0. The molecule has 5 nitrogen and oxygen atoms in total. The fourth-order valence-electron chi connectivity index (χ4n) is 3.11. The third-order valence-electron chi connectivity index (χ3n) is 4.92. The molecule has 0 saturated carbocycles. The van der Waals surface area contributed by atoms with Gasteiger partial charge >= 0.3 is 0 Å². The Bertz CT molecular complexity index is 1010. The number of rotatable bonds is 8. The lowest BCUT2D eigenvalue weighted by Crippen LogP contribution is -2.38. The van der Waals surface area contributed by atoms with Crippen molar-refractivity contribution in [1.82, 2.24) is 5.32 Å². The van der Waals surface area contributed by atoms with Crippen LogP contribution in [0.1, 0.15) is 37.6 Å². The first-order valence-electron chi connectivity index (χ1n) is 10.8. The molecule has 1 N–H and O–H groups in total. The van der Waals surface area contributed by atoms with Gasteiger partial charge in [-0.2, -0.15) is 0 Å². The van der Waals surface area contributed by atoms with E-state index in [-0.39, 0.29) is 11.8 Å². The number of ether oxygens (including phenoxy) is 1. The molecule has 3 aromatic rings. The summed E-state index contributed by atoms with van der Waals surface area (Å²) in [4.78, 5) is 27.1. The summed E-state index contributed by atoms with van der Waals surface area (Å²) in [6, 6.07) is 26.3. The second-order valence-electron chi connectivity index (χ2n) is 8.59. The first kappa shape index (κ1) is 23.1. The van der Waals surface area contributed by atoms with Gasteiger partial charge in [0.15, 0.2) is 0 Å². The van der Waals surface area contributed by atoms with Gasteiger partial charge in [0.2, 0.25) is 5.91 Å². The average molecular weight is 431 g/mol. The molecular formula is C27H30N2O3. The highest BCUT2D eigenvalue weighted by atomic mass is 16.5. The molecule has 0 saturated heterocycles. The SMILES string of the molecule is CC(C)(C)C(=O)NCCCN(C(=O)c1ccccc1)c1ccc(Oc2ccccc2)cc1. The topological polar surface area (TPSA) is 58.6 Å². The van der Waals surface area contributed by atoms with Gasteiger partial charge in [-0.05, 0) is 55.0 Å². The number of carbonyl (C=O) groups is 2. The lowest BCUT2D eigenvalue weighted by Gasteiger charge is -2.24. The number of hydrogen-bond donors (Lipinski definition) is 1. The van der Waals surface area contributed by atoms with Gasteiger partial charge in [-0.1, -0.05) is 57.2 Å². The zero-order chi connectivity index (χ0) is 23.0. The molecule has 5 heteroatoms. The second kappa shape index (κ2) is 10.6. The molecule has 3 aromatic carbocycles. The minimum absolute atomic E-state index is 0.000787. The van der Waals surface area contributed by atoms with E-state index in [1.54, 1.807) is 4.90 Å². The smallest absolute Gasteiger partial charge is 0.258 e. The second-order valence-corrected chi connectivity index (χ2v) is 8.59. The summed E-state index contributed by atoms with van der Waals surface area (Å²) in [5.41, 5.74) is 0.964. The Kier molecular flexibility index (Phi) is 7.66. The molecule has 0 atom stereocenters. The lowest BCUT2D eigenvalue weighted by molar-refractivity contribution is -0.128. The largest absolute Gasteiger partial charge is 0.457 e. The maximum Gasteiger partial charge on any atom is 0.258 e. The Hall–Kier alpha value is -3.60. The van der Waals surface area contributed by atoms with Crippen LogP contribution in [0.3, 0.4) is 0 Å². The molecule has 166 valence electrons. The highest BCUT2D eigenvalue weighted by Gasteiger charge is 2.21. The van der Waals surface area contributed by atoms with Crippen LogP contribution in [0.2, 0.25) is 0 Å². The predicted molar refractivity (Wildman–Crippen MR) is 128 cm³/mol. The number of nitrogens with one attached hydrogen (secondary N) is 1. The van der Waals surface area contributed by atoms with Crippen LogP contribution in [-0.4, -0.2) is 24.9 Å². The van der Waals surface area contributed by atoms with Crippen LogP contribution in [0, 0.1) is 5.41 Å². The van der Waals surface area contributed by atoms with Crippen LogP contribution in [0.4, 0.5) is 5.69 Å². The van der Waals surface area contributed by atoms with E-state index in [1.165, 1.54) is 0 Å². The van der Waals surface area contributed by atoms with E-state index in [0.29, 0.717) is 30.8 Å². The van der Waals surface area contributed by atoms with Gasteiger partial charge in [-0.25, -0.2) is 0 Å². The van der Waals surface area contributed by atoms with Crippen LogP contribution in [-0.2, 0) is 4.79 Å². The van der Waals surface area contributed by atoms with E-state index in [2.05, 4.69) is 5.32 Å². The molecule has 0 aliphatic carbocycles. The molecule has 0 aliphatic rings. The van der Waals surface area contributed by atoms with Crippen molar-refractivity contribution in [2.45, 2.75) is 27.2 Å². The molecular weight excluding hydrogens is 400 g/mol. The molecule has 0 bridgehead atoms. The normalized spacial score (nSPS) is 11.0. The quantitative estimate of drug-likeness (QED) is 0.468. The molecule has 0 unspecified atom stereocenters. The Labute approximate surface area is 190 Å². The van der Waals surface area contributed by atoms with Crippen molar-refractivity contribution in [3.05, 3.63) is 90.5 Å². The number of anilines is 1. The summed E-state index contributed by atoms with van der Waals surface area (Å²) in [6.45, 7) is 6.63. The van der Waals surface area contributed by atoms with Crippen LogP contribution in [0.15, 0.2) is 84.9 Å². The van der Waals surface area contributed by atoms with Gasteiger partial charge in [-0.3, -0.25) is 9.59 Å². The van der Waals surface area contributed by atoms with Crippen molar-refractivity contribution < 1.29 is 14.3 Å².